The van der Waals surface area contributed by atoms with E-state index in [0.29, 0.717) is 5.56 Å². The molecule has 0 atom stereocenters. The van der Waals surface area contributed by atoms with Crippen LogP contribution in [-0.4, -0.2) is 41.0 Å². The highest BCUT2D eigenvalue weighted by Gasteiger charge is 2.53. The summed E-state index contributed by atoms with van der Waals surface area (Å²) in [4.78, 5) is 13.9. The summed E-state index contributed by atoms with van der Waals surface area (Å²) in [6, 6.07) is 2.21. The maximum Gasteiger partial charge on any atom is 0.500 e. The van der Waals surface area contributed by atoms with Gasteiger partial charge >= 0.3 is 13.2 Å². The van der Waals surface area contributed by atoms with Crippen molar-refractivity contribution in [2.24, 2.45) is 0 Å². The minimum Gasteiger partial charge on any atom is -0.444 e. The Morgan fingerprint density at radius 3 is 1.93 bits per heavy atom. The van der Waals surface area contributed by atoms with E-state index in [-0.39, 0.29) is 18.0 Å². The lowest BCUT2D eigenvalue weighted by Crippen LogP contribution is -2.41. The van der Waals surface area contributed by atoms with Crippen molar-refractivity contribution in [2.75, 3.05) is 0 Å². The molecule has 1 aliphatic rings. The lowest BCUT2D eigenvalue weighted by Gasteiger charge is -2.32. The van der Waals surface area contributed by atoms with E-state index >= 15 is 0 Å². The summed E-state index contributed by atoms with van der Waals surface area (Å²) >= 11 is 0. The van der Waals surface area contributed by atoms with Gasteiger partial charge in [-0.2, -0.15) is 0 Å². The summed E-state index contributed by atoms with van der Waals surface area (Å²) in [5, 5.41) is 0. The first-order valence-corrected chi connectivity index (χ1v) is 9.87. The molecule has 0 unspecified atom stereocenters. The van der Waals surface area contributed by atoms with Gasteiger partial charge in [0.1, 0.15) is 17.2 Å². The van der Waals surface area contributed by atoms with Gasteiger partial charge in [0.2, 0.25) is 0 Å². The first-order valence-electron chi connectivity index (χ1n) is 9.87. The molecule has 29 heavy (non-hydrogen) atoms. The van der Waals surface area contributed by atoms with Crippen molar-refractivity contribution in [3.8, 4) is 0 Å². The highest BCUT2D eigenvalue weighted by molar-refractivity contribution is 6.62. The van der Waals surface area contributed by atoms with E-state index in [4.69, 9.17) is 14.0 Å². The fraction of sp³-hybridized carbons (Fsp3) is 0.667. The van der Waals surface area contributed by atoms with Crippen LogP contribution in [0.25, 0.3) is 0 Å². The van der Waals surface area contributed by atoms with Crippen LogP contribution in [0, 0.1) is 11.6 Å². The van der Waals surface area contributed by atoms with Crippen LogP contribution in [0.15, 0.2) is 12.1 Å². The van der Waals surface area contributed by atoms with E-state index in [9.17, 15) is 13.6 Å². The van der Waals surface area contributed by atoms with E-state index in [2.05, 4.69) is 0 Å². The third kappa shape index (κ3) is 5.28. The number of benzene rings is 1. The Morgan fingerprint density at radius 2 is 1.55 bits per heavy atom. The van der Waals surface area contributed by atoms with Gasteiger partial charge in [-0.15, -0.1) is 0 Å². The molecular weight excluding hydrogens is 379 g/mol. The van der Waals surface area contributed by atoms with Gasteiger partial charge in [-0.1, -0.05) is 0 Å². The molecule has 0 saturated carbocycles. The molecular formula is C21H32BF2NO4. The number of ether oxygens (including phenoxy) is 1. The highest BCUT2D eigenvalue weighted by atomic mass is 19.1. The zero-order chi connectivity index (χ0) is 22.4. The van der Waals surface area contributed by atoms with Crippen molar-refractivity contribution in [3.63, 3.8) is 0 Å². The fourth-order valence-electron chi connectivity index (χ4n) is 2.89. The van der Waals surface area contributed by atoms with Crippen molar-refractivity contribution < 1.29 is 27.6 Å². The molecule has 5 nitrogen and oxygen atoms in total. The highest BCUT2D eigenvalue weighted by Crippen LogP contribution is 2.37. The number of amides is 1. The van der Waals surface area contributed by atoms with E-state index in [1.807, 2.05) is 41.5 Å². The number of nitrogens with zero attached hydrogens (tertiary/aromatic N) is 1. The number of hydrogen-bond acceptors (Lipinski definition) is 4. The molecule has 0 bridgehead atoms. The largest absolute Gasteiger partial charge is 0.500 e. The topological polar surface area (TPSA) is 48.0 Å². The number of rotatable bonds is 4. The van der Waals surface area contributed by atoms with Crippen LogP contribution in [0.5, 0.6) is 0 Å². The van der Waals surface area contributed by atoms with Gasteiger partial charge in [0.25, 0.3) is 0 Å². The van der Waals surface area contributed by atoms with Crippen molar-refractivity contribution in [1.82, 2.24) is 4.90 Å². The second-order valence-electron chi connectivity index (χ2n) is 9.76. The quantitative estimate of drug-likeness (QED) is 0.689. The molecule has 0 N–H and O–H groups in total. The maximum absolute atomic E-state index is 14.9. The summed E-state index contributed by atoms with van der Waals surface area (Å²) < 4.78 is 46.7. The molecule has 162 valence electrons. The summed E-state index contributed by atoms with van der Waals surface area (Å²) in [7, 11) is -1.14. The Labute approximate surface area is 172 Å². The second kappa shape index (κ2) is 7.87. The molecule has 1 aromatic carbocycles. The number of halogens is 2. The van der Waals surface area contributed by atoms with Crippen LogP contribution in [0.4, 0.5) is 13.6 Å². The standard InChI is InChI=1S/C21H32BF2NO4/c1-13(2)25(18(26)27-19(3,4)5)12-14-10-15(23)17(16(24)11-14)22-28-20(6,7)21(8,9)29-22/h10-11,13H,12H2,1-9H3. The molecule has 2 rings (SSSR count). The number of carbonyl (C=O) groups is 1. The molecule has 0 spiro atoms. The summed E-state index contributed by atoms with van der Waals surface area (Å²) in [6.07, 6.45) is -0.539. The Kier molecular flexibility index (Phi) is 6.41. The molecule has 1 fully saturated rings. The smallest absolute Gasteiger partial charge is 0.444 e. The van der Waals surface area contributed by atoms with Crippen molar-refractivity contribution in [1.29, 1.82) is 0 Å². The predicted octanol–water partition coefficient (Wildman–Crippen LogP) is 4.41. The third-order valence-corrected chi connectivity index (χ3v) is 5.23. The van der Waals surface area contributed by atoms with E-state index in [1.165, 1.54) is 17.0 Å². The van der Waals surface area contributed by atoms with Gasteiger partial charge in [-0.05, 0) is 80.0 Å². The Morgan fingerprint density at radius 1 is 1.10 bits per heavy atom. The van der Waals surface area contributed by atoms with Crippen LogP contribution in [0.1, 0.15) is 67.9 Å². The molecule has 8 heteroatoms. The van der Waals surface area contributed by atoms with Crippen LogP contribution in [0.2, 0.25) is 0 Å². The normalized spacial score (nSPS) is 18.3. The summed E-state index contributed by atoms with van der Waals surface area (Å²) in [5.74, 6) is -1.54. The van der Waals surface area contributed by atoms with Crippen molar-refractivity contribution in [2.45, 2.75) is 91.7 Å². The monoisotopic (exact) mass is 411 g/mol. The zero-order valence-corrected chi connectivity index (χ0v) is 18.9. The van der Waals surface area contributed by atoms with Gasteiger partial charge in [-0.3, -0.25) is 0 Å². The minimum absolute atomic E-state index is 0.0179. The van der Waals surface area contributed by atoms with Gasteiger partial charge in [0.05, 0.1) is 16.7 Å². The van der Waals surface area contributed by atoms with Gasteiger partial charge < -0.3 is 18.9 Å². The lowest BCUT2D eigenvalue weighted by molar-refractivity contribution is 0.00578. The average Bonchev–Trinajstić information content (AvgIpc) is 2.69. The van der Waals surface area contributed by atoms with E-state index in [0.717, 1.165) is 0 Å². The lowest BCUT2D eigenvalue weighted by atomic mass is 9.77. The zero-order valence-electron chi connectivity index (χ0n) is 18.9. The first-order chi connectivity index (χ1) is 13.0. The van der Waals surface area contributed by atoms with Gasteiger partial charge in [0, 0.05) is 12.6 Å². The SMILES string of the molecule is CC(C)N(Cc1cc(F)c(B2OC(C)(C)C(C)(C)O2)c(F)c1)C(=O)OC(C)(C)C. The van der Waals surface area contributed by atoms with Gasteiger partial charge in [0.15, 0.2) is 0 Å². The molecule has 1 saturated heterocycles. The van der Waals surface area contributed by atoms with Crippen LogP contribution in [0.3, 0.4) is 0 Å². The summed E-state index contributed by atoms with van der Waals surface area (Å²) in [6.45, 7) is 16.2. The fourth-order valence-corrected chi connectivity index (χ4v) is 2.89. The minimum atomic E-state index is -1.14. The molecule has 1 amide bonds. The molecule has 0 radical (unpaired) electrons. The van der Waals surface area contributed by atoms with Crippen LogP contribution >= 0.6 is 0 Å². The Balaban J connectivity index is 2.28. The first kappa shape index (κ1) is 23.6. The Hall–Kier alpha value is -1.67. The van der Waals surface area contributed by atoms with Crippen molar-refractivity contribution >= 4 is 18.7 Å². The molecule has 1 heterocycles. The molecule has 0 aromatic heterocycles. The van der Waals surface area contributed by atoms with Crippen molar-refractivity contribution in [3.05, 3.63) is 29.3 Å². The Bertz CT molecular complexity index is 735. The molecule has 0 aliphatic carbocycles. The number of hydrogen-bond donors (Lipinski definition) is 0. The third-order valence-electron chi connectivity index (χ3n) is 5.23. The van der Waals surface area contributed by atoms with Gasteiger partial charge in [-0.25, -0.2) is 13.6 Å². The molecule has 1 aromatic rings. The van der Waals surface area contributed by atoms with E-state index in [1.54, 1.807) is 20.8 Å². The summed E-state index contributed by atoms with van der Waals surface area (Å²) in [5.41, 5.74) is -2.03. The maximum atomic E-state index is 14.9. The average molecular weight is 411 g/mol. The number of carbonyl (C=O) groups excluding carboxylic acids is 1. The van der Waals surface area contributed by atoms with Crippen LogP contribution < -0.4 is 5.46 Å². The van der Waals surface area contributed by atoms with E-state index < -0.39 is 41.6 Å². The van der Waals surface area contributed by atoms with Crippen LogP contribution in [-0.2, 0) is 20.6 Å². The predicted molar refractivity (Wildman–Crippen MR) is 109 cm³/mol. The molecule has 1 aliphatic heterocycles. The second-order valence-corrected chi connectivity index (χ2v) is 9.76.